The predicted molar refractivity (Wildman–Crippen MR) is 76.2 cm³/mol. The number of carbonyl (C=O) groups is 1. The quantitative estimate of drug-likeness (QED) is 0.885. The predicted octanol–water partition coefficient (Wildman–Crippen LogP) is 3.05. The largest absolute Gasteiger partial charge is 0.392 e. The fraction of sp³-hybridized carbons (Fsp3) is 0.188. The Kier molecular flexibility index (Phi) is 3.97. The third kappa shape index (κ3) is 3.01. The zero-order valence-electron chi connectivity index (χ0n) is 11.1. The first kappa shape index (κ1) is 13.3. The molecule has 0 aliphatic heterocycles. The molecular weight excluding hydrogens is 238 g/mol. The second-order valence-corrected chi connectivity index (χ2v) is 4.59. The molecule has 2 aromatic rings. The molecule has 0 unspecified atom stereocenters. The minimum Gasteiger partial charge on any atom is -0.392 e. The summed E-state index contributed by atoms with van der Waals surface area (Å²) in [4.78, 5) is 12.3. The second kappa shape index (κ2) is 5.67. The first-order valence-electron chi connectivity index (χ1n) is 6.19. The maximum Gasteiger partial charge on any atom is 0.255 e. The van der Waals surface area contributed by atoms with Crippen LogP contribution in [0.1, 0.15) is 27.0 Å². The van der Waals surface area contributed by atoms with Gasteiger partial charge in [-0.2, -0.15) is 0 Å². The summed E-state index contributed by atoms with van der Waals surface area (Å²) in [6.07, 6.45) is 0. The number of benzene rings is 2. The van der Waals surface area contributed by atoms with Crippen LogP contribution in [0.25, 0.3) is 0 Å². The van der Waals surface area contributed by atoms with Gasteiger partial charge in [-0.25, -0.2) is 0 Å². The number of amides is 1. The van der Waals surface area contributed by atoms with E-state index in [1.54, 1.807) is 12.1 Å². The highest BCUT2D eigenvalue weighted by Gasteiger charge is 2.11. The summed E-state index contributed by atoms with van der Waals surface area (Å²) in [5.74, 6) is -0.151. The van der Waals surface area contributed by atoms with E-state index in [4.69, 9.17) is 0 Å². The first-order valence-corrected chi connectivity index (χ1v) is 6.19. The summed E-state index contributed by atoms with van der Waals surface area (Å²) in [6, 6.07) is 13.0. The standard InChI is InChI=1S/C16H17NO2/c1-11-7-8-12(2)14(9-11)16(19)17-15-6-4-3-5-13(15)10-18/h3-9,18H,10H2,1-2H3,(H,17,19). The molecule has 2 aromatic carbocycles. The summed E-state index contributed by atoms with van der Waals surface area (Å²) in [5, 5.41) is 12.1. The van der Waals surface area contributed by atoms with Gasteiger partial charge in [0.25, 0.3) is 5.91 Å². The van der Waals surface area contributed by atoms with Gasteiger partial charge in [0.15, 0.2) is 0 Å². The molecule has 3 heteroatoms. The van der Waals surface area contributed by atoms with Gasteiger partial charge >= 0.3 is 0 Å². The number of carbonyl (C=O) groups excluding carboxylic acids is 1. The van der Waals surface area contributed by atoms with Crippen LogP contribution < -0.4 is 5.32 Å². The van der Waals surface area contributed by atoms with Gasteiger partial charge in [0.05, 0.1) is 6.61 Å². The molecule has 0 aromatic heterocycles. The van der Waals surface area contributed by atoms with Crippen LogP contribution in [-0.2, 0) is 6.61 Å². The van der Waals surface area contributed by atoms with Crippen LogP contribution in [0.15, 0.2) is 42.5 Å². The van der Waals surface area contributed by atoms with E-state index in [1.165, 1.54) is 0 Å². The van der Waals surface area contributed by atoms with Crippen LogP contribution >= 0.6 is 0 Å². The summed E-state index contributed by atoms with van der Waals surface area (Å²) in [7, 11) is 0. The summed E-state index contributed by atoms with van der Waals surface area (Å²) in [5.41, 5.74) is 4.00. The Morgan fingerprint density at radius 2 is 1.89 bits per heavy atom. The lowest BCUT2D eigenvalue weighted by atomic mass is 10.0. The topological polar surface area (TPSA) is 49.3 Å². The molecule has 2 rings (SSSR count). The lowest BCUT2D eigenvalue weighted by Crippen LogP contribution is -2.14. The van der Waals surface area contributed by atoms with Gasteiger partial charge in [-0.3, -0.25) is 4.79 Å². The highest BCUT2D eigenvalue weighted by atomic mass is 16.3. The fourth-order valence-electron chi connectivity index (χ4n) is 1.95. The number of hydrogen-bond acceptors (Lipinski definition) is 2. The summed E-state index contributed by atoms with van der Waals surface area (Å²) in [6.45, 7) is 3.77. The van der Waals surface area contributed by atoms with Crippen LogP contribution in [0.3, 0.4) is 0 Å². The van der Waals surface area contributed by atoms with Crippen LogP contribution in [0.5, 0.6) is 0 Å². The molecule has 0 fully saturated rings. The van der Waals surface area contributed by atoms with E-state index in [0.29, 0.717) is 16.8 Å². The number of para-hydroxylation sites is 1. The average Bonchev–Trinajstić information content (AvgIpc) is 2.42. The van der Waals surface area contributed by atoms with Gasteiger partial charge in [-0.15, -0.1) is 0 Å². The number of aliphatic hydroxyl groups excluding tert-OH is 1. The Bertz CT molecular complexity index is 605. The van der Waals surface area contributed by atoms with Crippen LogP contribution in [0, 0.1) is 13.8 Å². The number of nitrogens with one attached hydrogen (secondary N) is 1. The third-order valence-electron chi connectivity index (χ3n) is 3.07. The Labute approximate surface area is 112 Å². The molecule has 0 atom stereocenters. The van der Waals surface area contributed by atoms with Gasteiger partial charge in [-0.05, 0) is 31.5 Å². The van der Waals surface area contributed by atoms with E-state index < -0.39 is 0 Å². The zero-order valence-corrected chi connectivity index (χ0v) is 11.1. The Hall–Kier alpha value is -2.13. The van der Waals surface area contributed by atoms with Crippen molar-refractivity contribution in [1.82, 2.24) is 0 Å². The number of anilines is 1. The van der Waals surface area contributed by atoms with Crippen LogP contribution in [0.2, 0.25) is 0 Å². The van der Waals surface area contributed by atoms with Crippen molar-refractivity contribution in [2.24, 2.45) is 0 Å². The van der Waals surface area contributed by atoms with Crippen molar-refractivity contribution in [2.75, 3.05) is 5.32 Å². The van der Waals surface area contributed by atoms with Crippen molar-refractivity contribution < 1.29 is 9.90 Å². The molecule has 0 bridgehead atoms. The smallest absolute Gasteiger partial charge is 0.255 e. The lowest BCUT2D eigenvalue weighted by molar-refractivity contribution is 0.102. The highest BCUT2D eigenvalue weighted by molar-refractivity contribution is 6.05. The fourth-order valence-corrected chi connectivity index (χ4v) is 1.95. The Morgan fingerprint density at radius 3 is 2.63 bits per heavy atom. The molecule has 1 amide bonds. The van der Waals surface area contributed by atoms with Crippen molar-refractivity contribution in [3.8, 4) is 0 Å². The SMILES string of the molecule is Cc1ccc(C)c(C(=O)Nc2ccccc2CO)c1. The van der Waals surface area contributed by atoms with Gasteiger partial charge in [0, 0.05) is 16.8 Å². The number of hydrogen-bond donors (Lipinski definition) is 2. The van der Waals surface area contributed by atoms with Crippen LogP contribution in [-0.4, -0.2) is 11.0 Å². The molecule has 0 saturated carbocycles. The van der Waals surface area contributed by atoms with Crippen molar-refractivity contribution in [2.45, 2.75) is 20.5 Å². The van der Waals surface area contributed by atoms with Crippen LogP contribution in [0.4, 0.5) is 5.69 Å². The molecule has 0 spiro atoms. The third-order valence-corrected chi connectivity index (χ3v) is 3.07. The van der Waals surface area contributed by atoms with Crippen molar-refractivity contribution in [1.29, 1.82) is 0 Å². The van der Waals surface area contributed by atoms with Gasteiger partial charge in [0.1, 0.15) is 0 Å². The van der Waals surface area contributed by atoms with E-state index in [9.17, 15) is 9.90 Å². The minimum atomic E-state index is -0.151. The summed E-state index contributed by atoms with van der Waals surface area (Å²) < 4.78 is 0. The normalized spacial score (nSPS) is 10.3. The van der Waals surface area contributed by atoms with E-state index in [1.807, 2.05) is 44.2 Å². The average molecular weight is 255 g/mol. The molecule has 0 radical (unpaired) electrons. The molecule has 3 nitrogen and oxygen atoms in total. The number of rotatable bonds is 3. The van der Waals surface area contributed by atoms with E-state index in [2.05, 4.69) is 5.32 Å². The first-order chi connectivity index (χ1) is 9.11. The minimum absolute atomic E-state index is 0.0940. The van der Waals surface area contributed by atoms with E-state index in [-0.39, 0.29) is 12.5 Å². The highest BCUT2D eigenvalue weighted by Crippen LogP contribution is 2.18. The zero-order chi connectivity index (χ0) is 13.8. The van der Waals surface area contributed by atoms with Crippen molar-refractivity contribution >= 4 is 11.6 Å². The molecular formula is C16H17NO2. The maximum atomic E-state index is 12.3. The van der Waals surface area contributed by atoms with Crippen molar-refractivity contribution in [3.05, 3.63) is 64.7 Å². The Morgan fingerprint density at radius 1 is 1.16 bits per heavy atom. The molecule has 0 aliphatic rings. The molecule has 2 N–H and O–H groups in total. The van der Waals surface area contributed by atoms with Gasteiger partial charge in [-0.1, -0.05) is 35.9 Å². The molecule has 0 aliphatic carbocycles. The molecule has 0 saturated heterocycles. The molecule has 19 heavy (non-hydrogen) atoms. The monoisotopic (exact) mass is 255 g/mol. The van der Waals surface area contributed by atoms with E-state index in [0.717, 1.165) is 11.1 Å². The Balaban J connectivity index is 2.28. The lowest BCUT2D eigenvalue weighted by Gasteiger charge is -2.11. The molecule has 98 valence electrons. The second-order valence-electron chi connectivity index (χ2n) is 4.59. The van der Waals surface area contributed by atoms with Crippen molar-refractivity contribution in [3.63, 3.8) is 0 Å². The number of aryl methyl sites for hydroxylation is 2. The molecule has 0 heterocycles. The number of aliphatic hydroxyl groups is 1. The summed E-state index contributed by atoms with van der Waals surface area (Å²) >= 11 is 0. The van der Waals surface area contributed by atoms with E-state index >= 15 is 0 Å². The van der Waals surface area contributed by atoms with Gasteiger partial charge < -0.3 is 10.4 Å². The maximum absolute atomic E-state index is 12.3. The van der Waals surface area contributed by atoms with Gasteiger partial charge in [0.2, 0.25) is 0 Å².